The Morgan fingerprint density at radius 3 is 2.75 bits per heavy atom. The van der Waals surface area contributed by atoms with Crippen LogP contribution < -0.4 is 11.1 Å². The molecule has 2 heterocycles. The summed E-state index contributed by atoms with van der Waals surface area (Å²) >= 11 is 5.95. The normalized spacial score (nSPS) is 10.7. The zero-order valence-electron chi connectivity index (χ0n) is 10.2. The number of aromatic nitrogens is 3. The van der Waals surface area contributed by atoms with Crippen molar-refractivity contribution in [1.29, 1.82) is 0 Å². The molecule has 0 bridgehead atoms. The fourth-order valence-electron chi connectivity index (χ4n) is 1.85. The summed E-state index contributed by atoms with van der Waals surface area (Å²) < 4.78 is 1.59. The molecule has 6 nitrogen and oxygen atoms in total. The first kappa shape index (κ1) is 12.4. The van der Waals surface area contributed by atoms with Crippen molar-refractivity contribution in [3.63, 3.8) is 0 Å². The van der Waals surface area contributed by atoms with E-state index in [0.717, 1.165) is 11.4 Å². The number of halogens is 1. The number of nitrogens with two attached hydrogens (primary N) is 1. The number of primary amides is 1. The summed E-state index contributed by atoms with van der Waals surface area (Å²) in [5.41, 5.74) is 7.83. The lowest BCUT2D eigenvalue weighted by atomic mass is 10.2. The second kappa shape index (κ2) is 4.82. The molecule has 3 N–H and O–H groups in total. The molecular formula is C13H10ClN5O. The molecule has 3 aromatic rings. The van der Waals surface area contributed by atoms with Crippen LogP contribution in [0.1, 0.15) is 10.4 Å². The summed E-state index contributed by atoms with van der Waals surface area (Å²) in [5, 5.41) is 7.63. The predicted molar refractivity (Wildman–Crippen MR) is 76.2 cm³/mol. The van der Waals surface area contributed by atoms with Gasteiger partial charge >= 0.3 is 0 Å². The number of nitrogens with one attached hydrogen (secondary N) is 1. The molecule has 0 saturated heterocycles. The number of imidazole rings is 1. The van der Waals surface area contributed by atoms with Crippen LogP contribution in [0.15, 0.2) is 42.7 Å². The molecular weight excluding hydrogens is 278 g/mol. The largest absolute Gasteiger partial charge is 0.366 e. The van der Waals surface area contributed by atoms with E-state index in [9.17, 15) is 4.79 Å². The highest BCUT2D eigenvalue weighted by atomic mass is 35.5. The van der Waals surface area contributed by atoms with Crippen LogP contribution in [0.25, 0.3) is 5.65 Å². The summed E-state index contributed by atoms with van der Waals surface area (Å²) in [6.07, 6.45) is 3.35. The van der Waals surface area contributed by atoms with Crippen molar-refractivity contribution >= 4 is 34.5 Å². The molecule has 3 rings (SSSR count). The lowest BCUT2D eigenvalue weighted by Gasteiger charge is -2.08. The Hall–Kier alpha value is -2.60. The minimum atomic E-state index is -0.459. The Morgan fingerprint density at radius 1 is 1.30 bits per heavy atom. The Morgan fingerprint density at radius 2 is 2.05 bits per heavy atom. The topological polar surface area (TPSA) is 85.3 Å². The van der Waals surface area contributed by atoms with Gasteiger partial charge in [0.1, 0.15) is 0 Å². The van der Waals surface area contributed by atoms with E-state index in [1.165, 1.54) is 0 Å². The van der Waals surface area contributed by atoms with Gasteiger partial charge in [0.05, 0.1) is 5.69 Å². The quantitative estimate of drug-likeness (QED) is 0.773. The van der Waals surface area contributed by atoms with E-state index in [4.69, 9.17) is 17.3 Å². The molecule has 0 radical (unpaired) electrons. The van der Waals surface area contributed by atoms with Gasteiger partial charge in [-0.2, -0.15) is 5.10 Å². The van der Waals surface area contributed by atoms with Crippen LogP contribution in [-0.2, 0) is 0 Å². The van der Waals surface area contributed by atoms with Gasteiger partial charge in [-0.1, -0.05) is 11.6 Å². The van der Waals surface area contributed by atoms with Crippen LogP contribution in [0.3, 0.4) is 0 Å². The average molecular weight is 288 g/mol. The second-order valence-corrected chi connectivity index (χ2v) is 4.53. The predicted octanol–water partition coefficient (Wildman–Crippen LogP) is 2.23. The van der Waals surface area contributed by atoms with Crippen LogP contribution >= 0.6 is 11.6 Å². The van der Waals surface area contributed by atoms with Gasteiger partial charge in [0, 0.05) is 29.7 Å². The van der Waals surface area contributed by atoms with Gasteiger partial charge in [-0.25, -0.2) is 9.50 Å². The van der Waals surface area contributed by atoms with Gasteiger partial charge in [0.25, 0.3) is 0 Å². The van der Waals surface area contributed by atoms with Gasteiger partial charge in [-0.15, -0.1) is 0 Å². The number of anilines is 2. The van der Waals surface area contributed by atoms with Crippen molar-refractivity contribution in [2.45, 2.75) is 0 Å². The second-order valence-electron chi connectivity index (χ2n) is 4.14. The SMILES string of the molecule is NC(=O)c1ccc(Nc2cc(Cl)nn3ccnc23)cc1. The fourth-order valence-corrected chi connectivity index (χ4v) is 2.04. The summed E-state index contributed by atoms with van der Waals surface area (Å²) in [6, 6.07) is 8.50. The molecule has 1 amide bonds. The number of carbonyl (C=O) groups is 1. The van der Waals surface area contributed by atoms with E-state index in [1.807, 2.05) is 0 Å². The summed E-state index contributed by atoms with van der Waals surface area (Å²) in [5.74, 6) is -0.459. The maximum atomic E-state index is 11.0. The molecule has 7 heteroatoms. The molecule has 1 aromatic carbocycles. The standard InChI is InChI=1S/C13H10ClN5O/c14-11-7-10(13-16-5-6-19(13)18-11)17-9-3-1-8(2-4-9)12(15)20/h1-7,17H,(H2,15,20). The molecule has 100 valence electrons. The minimum Gasteiger partial charge on any atom is -0.366 e. The molecule has 0 saturated carbocycles. The van der Waals surface area contributed by atoms with Crippen LogP contribution in [0.2, 0.25) is 5.15 Å². The smallest absolute Gasteiger partial charge is 0.248 e. The molecule has 0 atom stereocenters. The molecule has 20 heavy (non-hydrogen) atoms. The minimum absolute atomic E-state index is 0.353. The highest BCUT2D eigenvalue weighted by molar-refractivity contribution is 6.29. The molecule has 0 unspecified atom stereocenters. The number of hydrogen-bond donors (Lipinski definition) is 2. The third kappa shape index (κ3) is 2.28. The van der Waals surface area contributed by atoms with Gasteiger partial charge in [0.15, 0.2) is 10.8 Å². The van der Waals surface area contributed by atoms with Gasteiger partial charge < -0.3 is 11.1 Å². The monoisotopic (exact) mass is 287 g/mol. The Balaban J connectivity index is 1.96. The maximum Gasteiger partial charge on any atom is 0.248 e. The number of carbonyl (C=O) groups excluding carboxylic acids is 1. The van der Waals surface area contributed by atoms with Gasteiger partial charge in [-0.3, -0.25) is 4.79 Å². The number of nitrogens with zero attached hydrogens (tertiary/aromatic N) is 3. The third-order valence-corrected chi connectivity index (χ3v) is 2.96. The van der Waals surface area contributed by atoms with Crippen LogP contribution in [0.5, 0.6) is 0 Å². The summed E-state index contributed by atoms with van der Waals surface area (Å²) in [7, 11) is 0. The van der Waals surface area contributed by atoms with Crippen molar-refractivity contribution in [3.05, 3.63) is 53.4 Å². The average Bonchev–Trinajstić information content (AvgIpc) is 2.87. The van der Waals surface area contributed by atoms with Crippen LogP contribution in [-0.4, -0.2) is 20.5 Å². The number of hydrogen-bond acceptors (Lipinski definition) is 4. The molecule has 0 aliphatic heterocycles. The number of benzene rings is 1. The first-order valence-corrected chi connectivity index (χ1v) is 6.18. The fraction of sp³-hybridized carbons (Fsp3) is 0. The third-order valence-electron chi connectivity index (χ3n) is 2.78. The van der Waals surface area contributed by atoms with E-state index in [2.05, 4.69) is 15.4 Å². The highest BCUT2D eigenvalue weighted by Crippen LogP contribution is 2.23. The van der Waals surface area contributed by atoms with Crippen molar-refractivity contribution in [1.82, 2.24) is 14.6 Å². The Labute approximate surface area is 119 Å². The van der Waals surface area contributed by atoms with E-state index in [0.29, 0.717) is 16.4 Å². The molecule has 0 fully saturated rings. The van der Waals surface area contributed by atoms with Gasteiger partial charge in [-0.05, 0) is 24.3 Å². The molecule has 2 aromatic heterocycles. The van der Waals surface area contributed by atoms with E-state index >= 15 is 0 Å². The highest BCUT2D eigenvalue weighted by Gasteiger charge is 2.07. The molecule has 0 aliphatic rings. The molecule has 0 aliphatic carbocycles. The first-order chi connectivity index (χ1) is 9.63. The molecule has 0 spiro atoms. The van der Waals surface area contributed by atoms with E-state index in [1.54, 1.807) is 47.2 Å². The van der Waals surface area contributed by atoms with Crippen molar-refractivity contribution < 1.29 is 4.79 Å². The van der Waals surface area contributed by atoms with E-state index < -0.39 is 5.91 Å². The van der Waals surface area contributed by atoms with E-state index in [-0.39, 0.29) is 0 Å². The maximum absolute atomic E-state index is 11.0. The lowest BCUT2D eigenvalue weighted by Crippen LogP contribution is -2.10. The Kier molecular flexibility index (Phi) is 3.00. The summed E-state index contributed by atoms with van der Waals surface area (Å²) in [6.45, 7) is 0. The number of rotatable bonds is 3. The zero-order chi connectivity index (χ0) is 14.1. The Bertz CT molecular complexity index is 781. The number of fused-ring (bicyclic) bond motifs is 1. The number of amides is 1. The van der Waals surface area contributed by atoms with Crippen molar-refractivity contribution in [2.24, 2.45) is 5.73 Å². The van der Waals surface area contributed by atoms with Crippen molar-refractivity contribution in [2.75, 3.05) is 5.32 Å². The van der Waals surface area contributed by atoms with Crippen LogP contribution in [0, 0.1) is 0 Å². The zero-order valence-corrected chi connectivity index (χ0v) is 11.0. The lowest BCUT2D eigenvalue weighted by molar-refractivity contribution is 0.100. The van der Waals surface area contributed by atoms with Gasteiger partial charge in [0.2, 0.25) is 5.91 Å². The summed E-state index contributed by atoms with van der Waals surface area (Å²) in [4.78, 5) is 15.2. The van der Waals surface area contributed by atoms with Crippen molar-refractivity contribution in [3.8, 4) is 0 Å². The first-order valence-electron chi connectivity index (χ1n) is 5.80. The van der Waals surface area contributed by atoms with Crippen LogP contribution in [0.4, 0.5) is 11.4 Å².